The Hall–Kier alpha value is -1.15. The highest BCUT2D eigenvalue weighted by atomic mass is 35.5. The summed E-state index contributed by atoms with van der Waals surface area (Å²) in [6, 6.07) is 4.85. The Morgan fingerprint density at radius 1 is 1.00 bits per heavy atom. The summed E-state index contributed by atoms with van der Waals surface area (Å²) in [6.07, 6.45) is 9.78. The minimum atomic E-state index is -3.62. The number of likely N-dealkylation sites (tertiary alicyclic amines) is 1. The van der Waals surface area contributed by atoms with Crippen LogP contribution in [-0.2, 0) is 10.0 Å². The maximum absolute atomic E-state index is 13.1. The molecule has 2 aliphatic heterocycles. The molecule has 2 aliphatic rings. The molecule has 1 unspecified atom stereocenters. The second kappa shape index (κ2) is 11.6. The van der Waals surface area contributed by atoms with Gasteiger partial charge in [-0.2, -0.15) is 4.31 Å². The fraction of sp³-hybridized carbons (Fsp3) is 0.696. The standard InChI is InChI=1S/C23H36ClN3O3S/c1-19(26-14-6-2-3-7-15-26)12-13-25-23(28)21-18-20(10-11-22(21)24)31(29,30)27-16-8-4-5-9-17-27/h10-11,18-19H,2-9,12-17H2,1H3,(H,25,28). The minimum absolute atomic E-state index is 0.141. The largest absolute Gasteiger partial charge is 0.352 e. The lowest BCUT2D eigenvalue weighted by atomic mass is 10.1. The Labute approximate surface area is 192 Å². The molecule has 2 heterocycles. The van der Waals surface area contributed by atoms with E-state index in [4.69, 9.17) is 11.6 Å². The van der Waals surface area contributed by atoms with Crippen LogP contribution in [0.3, 0.4) is 0 Å². The monoisotopic (exact) mass is 469 g/mol. The van der Waals surface area contributed by atoms with Crippen LogP contribution in [0, 0.1) is 0 Å². The molecule has 31 heavy (non-hydrogen) atoms. The van der Waals surface area contributed by atoms with Gasteiger partial charge in [-0.3, -0.25) is 4.79 Å². The second-order valence-electron chi connectivity index (χ2n) is 8.80. The number of hydrogen-bond donors (Lipinski definition) is 1. The predicted octanol–water partition coefficient (Wildman–Crippen LogP) is 4.29. The summed E-state index contributed by atoms with van der Waals surface area (Å²) in [6.45, 7) is 6.05. The Bertz CT molecular complexity index is 830. The summed E-state index contributed by atoms with van der Waals surface area (Å²) < 4.78 is 27.7. The minimum Gasteiger partial charge on any atom is -0.352 e. The van der Waals surface area contributed by atoms with Crippen molar-refractivity contribution in [2.24, 2.45) is 0 Å². The van der Waals surface area contributed by atoms with Crippen LogP contribution in [0.2, 0.25) is 5.02 Å². The molecule has 1 atom stereocenters. The summed E-state index contributed by atoms with van der Waals surface area (Å²) in [5, 5.41) is 3.21. The average molecular weight is 470 g/mol. The maximum Gasteiger partial charge on any atom is 0.252 e. The number of rotatable bonds is 7. The van der Waals surface area contributed by atoms with Crippen molar-refractivity contribution in [2.75, 3.05) is 32.7 Å². The van der Waals surface area contributed by atoms with Crippen molar-refractivity contribution in [3.05, 3.63) is 28.8 Å². The molecule has 0 radical (unpaired) electrons. The number of hydrogen-bond acceptors (Lipinski definition) is 4. The number of nitrogens with zero attached hydrogens (tertiary/aromatic N) is 2. The molecule has 1 amide bonds. The number of halogens is 1. The smallest absolute Gasteiger partial charge is 0.252 e. The number of amides is 1. The molecule has 3 rings (SSSR count). The van der Waals surface area contributed by atoms with Crippen molar-refractivity contribution in [2.45, 2.75) is 75.6 Å². The fourth-order valence-corrected chi connectivity index (χ4v) is 6.23. The van der Waals surface area contributed by atoms with Gasteiger partial charge >= 0.3 is 0 Å². The zero-order valence-corrected chi connectivity index (χ0v) is 20.2. The van der Waals surface area contributed by atoms with Crippen LogP contribution in [-0.4, -0.2) is 62.3 Å². The van der Waals surface area contributed by atoms with Gasteiger partial charge in [-0.05, 0) is 70.3 Å². The lowest BCUT2D eigenvalue weighted by molar-refractivity contribution is 0.0948. The van der Waals surface area contributed by atoms with Gasteiger partial charge in [0.2, 0.25) is 10.0 Å². The first-order valence-electron chi connectivity index (χ1n) is 11.7. The molecule has 0 saturated carbocycles. The van der Waals surface area contributed by atoms with Crippen molar-refractivity contribution in [3.63, 3.8) is 0 Å². The first-order valence-corrected chi connectivity index (χ1v) is 13.5. The van der Waals surface area contributed by atoms with Crippen LogP contribution in [0.1, 0.15) is 75.1 Å². The molecule has 2 saturated heterocycles. The van der Waals surface area contributed by atoms with Crippen LogP contribution in [0.25, 0.3) is 0 Å². The molecule has 1 aromatic rings. The zero-order valence-electron chi connectivity index (χ0n) is 18.6. The normalized spacial score (nSPS) is 20.6. The predicted molar refractivity (Wildman–Crippen MR) is 125 cm³/mol. The SMILES string of the molecule is CC(CCNC(=O)c1cc(S(=O)(=O)N2CCCCCC2)ccc1Cl)N1CCCCCC1. The summed E-state index contributed by atoms with van der Waals surface area (Å²) in [5.74, 6) is -0.319. The highest BCUT2D eigenvalue weighted by Gasteiger charge is 2.26. The molecule has 0 aromatic heterocycles. The molecule has 6 nitrogen and oxygen atoms in total. The highest BCUT2D eigenvalue weighted by Crippen LogP contribution is 2.25. The van der Waals surface area contributed by atoms with E-state index in [-0.39, 0.29) is 21.4 Å². The molecular weight excluding hydrogens is 434 g/mol. The van der Waals surface area contributed by atoms with E-state index >= 15 is 0 Å². The molecule has 1 N–H and O–H groups in total. The van der Waals surface area contributed by atoms with E-state index in [0.717, 1.165) is 45.2 Å². The molecular formula is C23H36ClN3O3S. The summed E-state index contributed by atoms with van der Waals surface area (Å²) >= 11 is 6.26. The first-order chi connectivity index (χ1) is 14.9. The van der Waals surface area contributed by atoms with Gasteiger partial charge in [0.1, 0.15) is 0 Å². The van der Waals surface area contributed by atoms with Gasteiger partial charge in [0.25, 0.3) is 5.91 Å². The third kappa shape index (κ3) is 6.67. The summed E-state index contributed by atoms with van der Waals surface area (Å²) in [7, 11) is -3.62. The average Bonchev–Trinajstić information content (AvgIpc) is 3.19. The van der Waals surface area contributed by atoms with Crippen molar-refractivity contribution in [3.8, 4) is 0 Å². The van der Waals surface area contributed by atoms with E-state index in [9.17, 15) is 13.2 Å². The van der Waals surface area contributed by atoms with Crippen LogP contribution in [0.15, 0.2) is 23.1 Å². The Morgan fingerprint density at radius 2 is 1.58 bits per heavy atom. The van der Waals surface area contributed by atoms with Gasteiger partial charge in [-0.15, -0.1) is 0 Å². The van der Waals surface area contributed by atoms with Crippen molar-refractivity contribution in [1.82, 2.24) is 14.5 Å². The van der Waals surface area contributed by atoms with Crippen molar-refractivity contribution in [1.29, 1.82) is 0 Å². The molecule has 2 fully saturated rings. The van der Waals surface area contributed by atoms with Gasteiger partial charge < -0.3 is 10.2 Å². The van der Waals surface area contributed by atoms with Crippen molar-refractivity contribution >= 4 is 27.5 Å². The Morgan fingerprint density at radius 3 is 2.19 bits per heavy atom. The Kier molecular flexibility index (Phi) is 9.19. The van der Waals surface area contributed by atoms with E-state index in [2.05, 4.69) is 17.1 Å². The van der Waals surface area contributed by atoms with E-state index in [1.807, 2.05) is 0 Å². The van der Waals surface area contributed by atoms with Gasteiger partial charge in [0.15, 0.2) is 0 Å². The number of sulfonamides is 1. The van der Waals surface area contributed by atoms with Crippen LogP contribution >= 0.6 is 11.6 Å². The molecule has 0 spiro atoms. The molecule has 1 aromatic carbocycles. The Balaban J connectivity index is 1.61. The number of nitrogens with one attached hydrogen (secondary N) is 1. The topological polar surface area (TPSA) is 69.7 Å². The van der Waals surface area contributed by atoms with Crippen LogP contribution in [0.4, 0.5) is 0 Å². The van der Waals surface area contributed by atoms with Gasteiger partial charge in [-0.1, -0.05) is 37.3 Å². The second-order valence-corrected chi connectivity index (χ2v) is 11.1. The van der Waals surface area contributed by atoms with Gasteiger partial charge in [0.05, 0.1) is 15.5 Å². The summed E-state index contributed by atoms with van der Waals surface area (Å²) in [4.78, 5) is 15.4. The van der Waals surface area contributed by atoms with E-state index < -0.39 is 10.0 Å². The van der Waals surface area contributed by atoms with Gasteiger partial charge in [0, 0.05) is 25.7 Å². The zero-order chi connectivity index (χ0) is 22.3. The molecule has 0 aliphatic carbocycles. The van der Waals surface area contributed by atoms with E-state index in [0.29, 0.717) is 25.7 Å². The number of carbonyl (C=O) groups excluding carboxylic acids is 1. The van der Waals surface area contributed by atoms with E-state index in [1.165, 1.54) is 48.2 Å². The molecule has 0 bridgehead atoms. The quantitative estimate of drug-likeness (QED) is 0.646. The van der Waals surface area contributed by atoms with Crippen LogP contribution in [0.5, 0.6) is 0 Å². The summed E-state index contributed by atoms with van der Waals surface area (Å²) in [5.41, 5.74) is 0.222. The van der Waals surface area contributed by atoms with Crippen molar-refractivity contribution < 1.29 is 13.2 Å². The third-order valence-corrected chi connectivity index (χ3v) is 8.72. The van der Waals surface area contributed by atoms with Crippen LogP contribution < -0.4 is 5.32 Å². The molecule has 174 valence electrons. The number of benzene rings is 1. The third-order valence-electron chi connectivity index (χ3n) is 6.50. The lowest BCUT2D eigenvalue weighted by Gasteiger charge is -2.27. The number of carbonyl (C=O) groups is 1. The lowest BCUT2D eigenvalue weighted by Crippen LogP contribution is -2.37. The first kappa shape index (κ1) is 24.5. The highest BCUT2D eigenvalue weighted by molar-refractivity contribution is 7.89. The molecule has 8 heteroatoms. The van der Waals surface area contributed by atoms with Gasteiger partial charge in [-0.25, -0.2) is 8.42 Å². The fourth-order valence-electron chi connectivity index (χ4n) is 4.48. The van der Waals surface area contributed by atoms with E-state index in [1.54, 1.807) is 0 Å². The maximum atomic E-state index is 13.1.